The lowest BCUT2D eigenvalue weighted by Gasteiger charge is -2.34. The van der Waals surface area contributed by atoms with Crippen molar-refractivity contribution in [3.8, 4) is 0 Å². The van der Waals surface area contributed by atoms with Crippen LogP contribution >= 0.6 is 0 Å². The average molecular weight is 393 g/mol. The van der Waals surface area contributed by atoms with Crippen LogP contribution in [0.4, 0.5) is 5.69 Å². The third-order valence-electron chi connectivity index (χ3n) is 6.22. The first-order valence-electron chi connectivity index (χ1n) is 10.8. The lowest BCUT2D eigenvalue weighted by molar-refractivity contribution is -0.131. The highest BCUT2D eigenvalue weighted by atomic mass is 16.2. The molecule has 2 fully saturated rings. The quantitative estimate of drug-likeness (QED) is 0.800. The van der Waals surface area contributed by atoms with Crippen LogP contribution in [0.25, 0.3) is 0 Å². The number of aryl methyl sites for hydroxylation is 2. The van der Waals surface area contributed by atoms with Crippen molar-refractivity contribution >= 4 is 11.6 Å². The number of carbonyl (C=O) groups is 1. The second kappa shape index (κ2) is 8.54. The number of aromatic nitrogens is 1. The second-order valence-corrected chi connectivity index (χ2v) is 8.59. The Morgan fingerprint density at radius 1 is 1.03 bits per heavy atom. The first kappa shape index (κ1) is 19.9. The summed E-state index contributed by atoms with van der Waals surface area (Å²) in [4.78, 5) is 24.8. The number of hydrogen-bond donors (Lipinski definition) is 0. The average Bonchev–Trinajstić information content (AvgIpc) is 3.20. The van der Waals surface area contributed by atoms with Gasteiger partial charge in [-0.15, -0.1) is 0 Å². The summed E-state index contributed by atoms with van der Waals surface area (Å²) < 4.78 is 0. The number of anilines is 1. The molecule has 2 saturated heterocycles. The summed E-state index contributed by atoms with van der Waals surface area (Å²) in [5.74, 6) is 0.209. The van der Waals surface area contributed by atoms with Gasteiger partial charge in [0.2, 0.25) is 5.91 Å². The van der Waals surface area contributed by atoms with Crippen LogP contribution in [0.2, 0.25) is 0 Å². The number of likely N-dealkylation sites (N-methyl/N-ethyl adjacent to an activating group) is 1. The summed E-state index contributed by atoms with van der Waals surface area (Å²) in [7, 11) is 2.18. The van der Waals surface area contributed by atoms with Crippen molar-refractivity contribution < 1.29 is 4.79 Å². The van der Waals surface area contributed by atoms with Crippen LogP contribution in [-0.4, -0.2) is 60.5 Å². The van der Waals surface area contributed by atoms with Crippen LogP contribution in [0, 0.1) is 13.8 Å². The SMILES string of the molecule is Cc1ccc(CC(=O)N2CCCC2c2cc(N3CCN(C)CC3)cc(C)n2)cc1. The molecular weight excluding hydrogens is 360 g/mol. The van der Waals surface area contributed by atoms with E-state index in [1.807, 2.05) is 0 Å². The van der Waals surface area contributed by atoms with E-state index < -0.39 is 0 Å². The van der Waals surface area contributed by atoms with E-state index in [-0.39, 0.29) is 11.9 Å². The number of amides is 1. The molecule has 5 heteroatoms. The first-order valence-corrected chi connectivity index (χ1v) is 10.8. The number of piperazine rings is 1. The number of hydrogen-bond acceptors (Lipinski definition) is 4. The smallest absolute Gasteiger partial charge is 0.227 e. The van der Waals surface area contributed by atoms with Gasteiger partial charge in [-0.2, -0.15) is 0 Å². The lowest BCUT2D eigenvalue weighted by Crippen LogP contribution is -2.44. The van der Waals surface area contributed by atoms with Crippen LogP contribution in [0.5, 0.6) is 0 Å². The third-order valence-corrected chi connectivity index (χ3v) is 6.22. The van der Waals surface area contributed by atoms with Crippen molar-refractivity contribution in [1.82, 2.24) is 14.8 Å². The summed E-state index contributed by atoms with van der Waals surface area (Å²) in [5.41, 5.74) is 5.64. The van der Waals surface area contributed by atoms with Crippen molar-refractivity contribution in [2.75, 3.05) is 44.7 Å². The second-order valence-electron chi connectivity index (χ2n) is 8.59. The Morgan fingerprint density at radius 3 is 2.48 bits per heavy atom. The molecule has 5 nitrogen and oxygen atoms in total. The van der Waals surface area contributed by atoms with Crippen LogP contribution in [-0.2, 0) is 11.2 Å². The molecular formula is C24H32N4O. The van der Waals surface area contributed by atoms with Crippen molar-refractivity contribution in [3.05, 3.63) is 58.9 Å². The molecule has 1 unspecified atom stereocenters. The van der Waals surface area contributed by atoms with Gasteiger partial charge in [0, 0.05) is 44.1 Å². The number of benzene rings is 1. The molecule has 1 aromatic heterocycles. The van der Waals surface area contributed by atoms with Gasteiger partial charge in [0.05, 0.1) is 18.2 Å². The number of pyridine rings is 1. The van der Waals surface area contributed by atoms with Crippen LogP contribution in [0.1, 0.15) is 41.4 Å². The fraction of sp³-hybridized carbons (Fsp3) is 0.500. The molecule has 0 radical (unpaired) electrons. The topological polar surface area (TPSA) is 39.7 Å². The van der Waals surface area contributed by atoms with Gasteiger partial charge in [-0.3, -0.25) is 9.78 Å². The van der Waals surface area contributed by atoms with Gasteiger partial charge < -0.3 is 14.7 Å². The minimum Gasteiger partial charge on any atom is -0.369 e. The normalized spacial score (nSPS) is 20.3. The largest absolute Gasteiger partial charge is 0.369 e. The Bertz CT molecular complexity index is 856. The van der Waals surface area contributed by atoms with Gasteiger partial charge in [-0.25, -0.2) is 0 Å². The lowest BCUT2D eigenvalue weighted by atomic mass is 10.1. The molecule has 2 aliphatic rings. The molecule has 0 aliphatic carbocycles. The zero-order valence-electron chi connectivity index (χ0n) is 17.9. The van der Waals surface area contributed by atoms with E-state index in [1.54, 1.807) is 0 Å². The van der Waals surface area contributed by atoms with Crippen molar-refractivity contribution in [1.29, 1.82) is 0 Å². The fourth-order valence-corrected chi connectivity index (χ4v) is 4.45. The molecule has 154 valence electrons. The van der Waals surface area contributed by atoms with Crippen LogP contribution in [0.3, 0.4) is 0 Å². The molecule has 1 aromatic carbocycles. The van der Waals surface area contributed by atoms with Gasteiger partial charge in [0.25, 0.3) is 0 Å². The van der Waals surface area contributed by atoms with E-state index >= 15 is 0 Å². The predicted molar refractivity (Wildman–Crippen MR) is 117 cm³/mol. The maximum atomic E-state index is 13.1. The van der Waals surface area contributed by atoms with Crippen molar-refractivity contribution in [2.45, 2.75) is 39.2 Å². The highest BCUT2D eigenvalue weighted by molar-refractivity contribution is 5.79. The Balaban J connectivity index is 1.52. The van der Waals surface area contributed by atoms with Crippen molar-refractivity contribution in [3.63, 3.8) is 0 Å². The van der Waals surface area contributed by atoms with E-state index in [2.05, 4.69) is 72.0 Å². The van der Waals surface area contributed by atoms with E-state index in [1.165, 1.54) is 11.3 Å². The molecule has 0 spiro atoms. The zero-order chi connectivity index (χ0) is 20.4. The Morgan fingerprint density at radius 2 is 1.76 bits per heavy atom. The van der Waals surface area contributed by atoms with Crippen molar-refractivity contribution in [2.24, 2.45) is 0 Å². The highest BCUT2D eigenvalue weighted by Gasteiger charge is 2.31. The van der Waals surface area contributed by atoms with Crippen LogP contribution in [0.15, 0.2) is 36.4 Å². The van der Waals surface area contributed by atoms with E-state index in [0.29, 0.717) is 6.42 Å². The number of rotatable bonds is 4. The molecule has 0 saturated carbocycles. The molecule has 2 aliphatic heterocycles. The van der Waals surface area contributed by atoms with Gasteiger partial charge in [0.1, 0.15) is 0 Å². The Hall–Kier alpha value is -2.40. The maximum absolute atomic E-state index is 13.1. The number of carbonyl (C=O) groups excluding carboxylic acids is 1. The van der Waals surface area contributed by atoms with Gasteiger partial charge in [0.15, 0.2) is 0 Å². The van der Waals surface area contributed by atoms with E-state index in [9.17, 15) is 4.79 Å². The van der Waals surface area contributed by atoms with E-state index in [0.717, 1.165) is 62.5 Å². The fourth-order valence-electron chi connectivity index (χ4n) is 4.45. The standard InChI is InChI=1S/C24H32N4O/c1-18-6-8-20(9-7-18)16-24(29)28-10-4-5-23(28)22-17-21(15-19(2)25-22)27-13-11-26(3)12-14-27/h6-9,15,17,23H,4-5,10-14,16H2,1-3H3. The first-order chi connectivity index (χ1) is 14.0. The number of nitrogens with zero attached hydrogens (tertiary/aromatic N) is 4. The molecule has 29 heavy (non-hydrogen) atoms. The summed E-state index contributed by atoms with van der Waals surface area (Å²) in [6, 6.07) is 12.8. The molecule has 0 bridgehead atoms. The summed E-state index contributed by atoms with van der Waals surface area (Å²) in [6.45, 7) is 9.22. The third kappa shape index (κ3) is 4.61. The number of likely N-dealkylation sites (tertiary alicyclic amines) is 1. The van der Waals surface area contributed by atoms with Gasteiger partial charge in [-0.05, 0) is 51.4 Å². The minimum absolute atomic E-state index is 0.0964. The minimum atomic E-state index is 0.0964. The van der Waals surface area contributed by atoms with Gasteiger partial charge >= 0.3 is 0 Å². The molecule has 1 atom stereocenters. The molecule has 2 aromatic rings. The monoisotopic (exact) mass is 392 g/mol. The molecule has 3 heterocycles. The summed E-state index contributed by atoms with van der Waals surface area (Å²) in [6.07, 6.45) is 2.51. The molecule has 1 amide bonds. The van der Waals surface area contributed by atoms with Gasteiger partial charge in [-0.1, -0.05) is 29.8 Å². The van der Waals surface area contributed by atoms with Crippen LogP contribution < -0.4 is 4.90 Å². The summed E-state index contributed by atoms with van der Waals surface area (Å²) in [5, 5.41) is 0. The Labute approximate surface area is 174 Å². The highest BCUT2D eigenvalue weighted by Crippen LogP contribution is 2.33. The maximum Gasteiger partial charge on any atom is 0.227 e. The zero-order valence-corrected chi connectivity index (χ0v) is 17.9. The van der Waals surface area contributed by atoms with E-state index in [4.69, 9.17) is 4.98 Å². The molecule has 4 rings (SSSR count). The predicted octanol–water partition coefficient (Wildman–Crippen LogP) is 3.36. The Kier molecular flexibility index (Phi) is 5.86. The summed E-state index contributed by atoms with van der Waals surface area (Å²) >= 11 is 0. The molecule has 0 N–H and O–H groups in total.